The van der Waals surface area contributed by atoms with Crippen LogP contribution in [0.3, 0.4) is 0 Å². The fraction of sp³-hybridized carbons (Fsp3) is 0.444. The molecule has 0 aliphatic carbocycles. The summed E-state index contributed by atoms with van der Waals surface area (Å²) in [5, 5.41) is 4.79. The van der Waals surface area contributed by atoms with E-state index in [0.717, 1.165) is 18.5 Å². The van der Waals surface area contributed by atoms with Gasteiger partial charge < -0.3 is 9.64 Å². The summed E-state index contributed by atoms with van der Waals surface area (Å²) in [5.41, 5.74) is 1.43. The van der Waals surface area contributed by atoms with Crippen molar-refractivity contribution in [2.24, 2.45) is 7.05 Å². The van der Waals surface area contributed by atoms with Crippen LogP contribution in [0.1, 0.15) is 19.3 Å². The van der Waals surface area contributed by atoms with Crippen LogP contribution in [0.5, 0.6) is 5.75 Å². The van der Waals surface area contributed by atoms with Crippen molar-refractivity contribution in [1.82, 2.24) is 14.7 Å². The molecule has 6 heteroatoms. The molecule has 0 N–H and O–H groups in total. The fourth-order valence-electron chi connectivity index (χ4n) is 2.91. The lowest BCUT2D eigenvalue weighted by Crippen LogP contribution is -2.21. The van der Waals surface area contributed by atoms with E-state index >= 15 is 0 Å². The number of hydrogen-bond donors (Lipinski definition) is 0. The van der Waals surface area contributed by atoms with E-state index in [1.165, 1.54) is 36.7 Å². The molecule has 0 spiro atoms. The summed E-state index contributed by atoms with van der Waals surface area (Å²) in [5.74, 6) is 0.687. The Morgan fingerprint density at radius 2 is 2.00 bits per heavy atom. The molecule has 0 radical (unpaired) electrons. The second kappa shape index (κ2) is 7.81. The lowest BCUT2D eigenvalue weighted by molar-refractivity contribution is 0.263. The predicted octanol–water partition coefficient (Wildman–Crippen LogP) is 2.97. The van der Waals surface area contributed by atoms with Gasteiger partial charge in [-0.15, -0.1) is 0 Å². The lowest BCUT2D eigenvalue weighted by atomic mass is 10.1. The highest BCUT2D eigenvalue weighted by Gasteiger charge is 2.11. The average Bonchev–Trinajstić information content (AvgIpc) is 3.08. The second-order valence-corrected chi connectivity index (χ2v) is 6.48. The van der Waals surface area contributed by atoms with E-state index in [0.29, 0.717) is 23.1 Å². The van der Waals surface area contributed by atoms with Gasteiger partial charge in [0, 0.05) is 25.2 Å². The molecule has 0 saturated carbocycles. The maximum Gasteiger partial charge on any atom is 0.266 e. The lowest BCUT2D eigenvalue weighted by Gasteiger charge is -2.15. The molecular weight excluding hydrogens is 326 g/mol. The summed E-state index contributed by atoms with van der Waals surface area (Å²) >= 11 is 6.32. The van der Waals surface area contributed by atoms with Gasteiger partial charge in [-0.25, -0.2) is 4.68 Å². The molecule has 2 aromatic rings. The first kappa shape index (κ1) is 17.0. The number of hydrogen-bond acceptors (Lipinski definition) is 4. The zero-order chi connectivity index (χ0) is 16.9. The number of ether oxygens (including phenoxy) is 1. The van der Waals surface area contributed by atoms with Gasteiger partial charge in [-0.3, -0.25) is 4.79 Å². The Kier molecular flexibility index (Phi) is 5.53. The number of likely N-dealkylation sites (tertiary alicyclic amines) is 1. The number of nitrogens with zero attached hydrogens (tertiary/aromatic N) is 3. The quantitative estimate of drug-likeness (QED) is 0.754. The minimum absolute atomic E-state index is 0.136. The van der Waals surface area contributed by atoms with E-state index in [1.54, 1.807) is 13.1 Å². The molecule has 1 aromatic heterocycles. The molecule has 0 atom stereocenters. The summed E-state index contributed by atoms with van der Waals surface area (Å²) < 4.78 is 7.11. The van der Waals surface area contributed by atoms with Gasteiger partial charge in [0.15, 0.2) is 0 Å². The SMILES string of the molecule is Cn1nc(-c2ccc(OCCCN3CCCC3)c(Cl)c2)ccc1=O. The number of aryl methyl sites for hydroxylation is 1. The summed E-state index contributed by atoms with van der Waals surface area (Å²) in [6, 6.07) is 8.79. The maximum atomic E-state index is 11.4. The normalized spacial score (nSPS) is 14.9. The van der Waals surface area contributed by atoms with Gasteiger partial charge in [-0.05, 0) is 56.6 Å². The molecule has 3 rings (SSSR count). The van der Waals surface area contributed by atoms with Gasteiger partial charge in [-0.1, -0.05) is 11.6 Å². The monoisotopic (exact) mass is 347 g/mol. The number of benzene rings is 1. The Bertz CT molecular complexity index is 754. The molecule has 1 saturated heterocycles. The molecule has 1 aromatic carbocycles. The van der Waals surface area contributed by atoms with Crippen LogP contribution in [0.15, 0.2) is 35.1 Å². The standard InChI is InChI=1S/C18H22ClN3O2/c1-21-18(23)8-6-16(20-21)14-5-7-17(15(19)13-14)24-12-4-11-22-9-2-3-10-22/h5-8,13H,2-4,9-12H2,1H3. The first-order valence-electron chi connectivity index (χ1n) is 8.33. The first-order valence-corrected chi connectivity index (χ1v) is 8.71. The summed E-state index contributed by atoms with van der Waals surface area (Å²) in [6.07, 6.45) is 3.63. The van der Waals surface area contributed by atoms with E-state index in [-0.39, 0.29) is 5.56 Å². The Morgan fingerprint density at radius 1 is 1.21 bits per heavy atom. The van der Waals surface area contributed by atoms with Crippen molar-refractivity contribution in [3.63, 3.8) is 0 Å². The number of rotatable bonds is 6. The van der Waals surface area contributed by atoms with Crippen molar-refractivity contribution >= 4 is 11.6 Å². The van der Waals surface area contributed by atoms with Gasteiger partial charge >= 0.3 is 0 Å². The molecule has 1 aliphatic heterocycles. The first-order chi connectivity index (χ1) is 11.6. The third-order valence-corrected chi connectivity index (χ3v) is 4.56. The molecule has 0 bridgehead atoms. The minimum Gasteiger partial charge on any atom is -0.492 e. The van der Waals surface area contributed by atoms with Crippen LogP contribution >= 0.6 is 11.6 Å². The zero-order valence-corrected chi connectivity index (χ0v) is 14.6. The third-order valence-electron chi connectivity index (χ3n) is 4.26. The van der Waals surface area contributed by atoms with Crippen molar-refractivity contribution in [2.45, 2.75) is 19.3 Å². The molecule has 128 valence electrons. The van der Waals surface area contributed by atoms with Gasteiger partial charge in [0.25, 0.3) is 5.56 Å². The average molecular weight is 348 g/mol. The second-order valence-electron chi connectivity index (χ2n) is 6.08. The van der Waals surface area contributed by atoms with Crippen LogP contribution in [0, 0.1) is 0 Å². The topological polar surface area (TPSA) is 47.4 Å². The summed E-state index contributed by atoms with van der Waals surface area (Å²) in [4.78, 5) is 13.9. The van der Waals surface area contributed by atoms with Crippen molar-refractivity contribution in [3.8, 4) is 17.0 Å². The fourth-order valence-corrected chi connectivity index (χ4v) is 3.15. The molecular formula is C18H22ClN3O2. The third kappa shape index (κ3) is 4.16. The summed E-state index contributed by atoms with van der Waals surface area (Å²) in [6.45, 7) is 4.16. The van der Waals surface area contributed by atoms with Crippen molar-refractivity contribution in [3.05, 3.63) is 45.7 Å². The van der Waals surface area contributed by atoms with E-state index in [2.05, 4.69) is 10.00 Å². The largest absolute Gasteiger partial charge is 0.492 e. The predicted molar refractivity (Wildman–Crippen MR) is 95.7 cm³/mol. The van der Waals surface area contributed by atoms with Crippen LogP contribution in [-0.4, -0.2) is 40.9 Å². The van der Waals surface area contributed by atoms with Crippen molar-refractivity contribution in [1.29, 1.82) is 0 Å². The van der Waals surface area contributed by atoms with Gasteiger partial charge in [-0.2, -0.15) is 5.10 Å². The highest BCUT2D eigenvalue weighted by atomic mass is 35.5. The van der Waals surface area contributed by atoms with Gasteiger partial charge in [0.2, 0.25) is 0 Å². The molecule has 1 aliphatic rings. The van der Waals surface area contributed by atoms with Crippen LogP contribution in [-0.2, 0) is 7.05 Å². The van der Waals surface area contributed by atoms with Crippen LogP contribution in [0.2, 0.25) is 5.02 Å². The Morgan fingerprint density at radius 3 is 2.71 bits per heavy atom. The van der Waals surface area contributed by atoms with Crippen LogP contribution in [0.4, 0.5) is 0 Å². The Hall–Kier alpha value is -1.85. The highest BCUT2D eigenvalue weighted by Crippen LogP contribution is 2.29. The number of halogens is 1. The maximum absolute atomic E-state index is 11.4. The van der Waals surface area contributed by atoms with E-state index < -0.39 is 0 Å². The number of aromatic nitrogens is 2. The van der Waals surface area contributed by atoms with Crippen LogP contribution in [0.25, 0.3) is 11.3 Å². The Labute approximate surface area is 146 Å². The highest BCUT2D eigenvalue weighted by molar-refractivity contribution is 6.32. The molecule has 0 unspecified atom stereocenters. The summed E-state index contributed by atoms with van der Waals surface area (Å²) in [7, 11) is 1.63. The van der Waals surface area contributed by atoms with Gasteiger partial charge in [0.1, 0.15) is 5.75 Å². The van der Waals surface area contributed by atoms with Crippen molar-refractivity contribution < 1.29 is 4.74 Å². The molecule has 1 fully saturated rings. The minimum atomic E-state index is -0.136. The molecule has 5 nitrogen and oxygen atoms in total. The van der Waals surface area contributed by atoms with E-state index in [9.17, 15) is 4.79 Å². The van der Waals surface area contributed by atoms with Crippen molar-refractivity contribution in [2.75, 3.05) is 26.2 Å². The smallest absolute Gasteiger partial charge is 0.266 e. The van der Waals surface area contributed by atoms with Crippen LogP contribution < -0.4 is 10.3 Å². The molecule has 2 heterocycles. The van der Waals surface area contributed by atoms with E-state index in [1.807, 2.05) is 18.2 Å². The Balaban J connectivity index is 1.59. The zero-order valence-electron chi connectivity index (χ0n) is 13.9. The van der Waals surface area contributed by atoms with E-state index in [4.69, 9.17) is 16.3 Å². The molecule has 24 heavy (non-hydrogen) atoms. The molecule has 0 amide bonds. The van der Waals surface area contributed by atoms with Gasteiger partial charge in [0.05, 0.1) is 17.3 Å².